The molecule has 1 fully saturated rings. The van der Waals surface area contributed by atoms with E-state index in [0.29, 0.717) is 15.9 Å². The Morgan fingerprint density at radius 2 is 2.12 bits per heavy atom. The molecule has 0 aromatic heterocycles. The number of ether oxygens (including phenoxy) is 1. The predicted octanol–water partition coefficient (Wildman–Crippen LogP) is 4.43. The van der Waals surface area contributed by atoms with Gasteiger partial charge in [-0.1, -0.05) is 24.6 Å². The van der Waals surface area contributed by atoms with Crippen LogP contribution in [0.4, 0.5) is 11.4 Å². The Morgan fingerprint density at radius 1 is 1.35 bits per heavy atom. The second kappa shape index (κ2) is 5.82. The molecule has 2 aliphatic heterocycles. The summed E-state index contributed by atoms with van der Waals surface area (Å²) in [6, 6.07) is 11.9. The fourth-order valence-corrected chi connectivity index (χ4v) is 4.32. The van der Waals surface area contributed by atoms with E-state index in [-0.39, 0.29) is 17.6 Å². The average molecular weight is 390 g/mol. The van der Waals surface area contributed by atoms with Crippen LogP contribution >= 0.6 is 23.8 Å². The van der Waals surface area contributed by atoms with Gasteiger partial charge in [-0.05, 0) is 43.4 Å². The summed E-state index contributed by atoms with van der Waals surface area (Å²) in [7, 11) is 0. The summed E-state index contributed by atoms with van der Waals surface area (Å²) in [6.45, 7) is 4.02. The highest BCUT2D eigenvalue weighted by atomic mass is 35.5. The zero-order valence-electron chi connectivity index (χ0n) is 14.1. The first-order chi connectivity index (χ1) is 12.3. The van der Waals surface area contributed by atoms with Crippen LogP contribution in [0.25, 0.3) is 0 Å². The third-order valence-corrected chi connectivity index (χ3v) is 5.73. The van der Waals surface area contributed by atoms with Crippen molar-refractivity contribution in [1.82, 2.24) is 5.32 Å². The topological polar surface area (TPSA) is 67.6 Å². The molecule has 2 aliphatic rings. The minimum absolute atomic E-state index is 0.0253. The van der Waals surface area contributed by atoms with Crippen molar-refractivity contribution in [3.05, 3.63) is 63.2 Å². The van der Waals surface area contributed by atoms with E-state index in [2.05, 4.69) is 5.32 Å². The highest BCUT2D eigenvalue weighted by Gasteiger charge is 2.54. The molecule has 8 heteroatoms. The number of nitrogens with zero attached hydrogens (tertiary/aromatic N) is 2. The van der Waals surface area contributed by atoms with Gasteiger partial charge in [0.15, 0.2) is 10.8 Å². The van der Waals surface area contributed by atoms with Crippen molar-refractivity contribution >= 4 is 40.3 Å². The number of nitro groups is 1. The molecule has 0 saturated carbocycles. The van der Waals surface area contributed by atoms with Crippen molar-refractivity contribution in [1.29, 1.82) is 0 Å². The number of halogens is 1. The van der Waals surface area contributed by atoms with Gasteiger partial charge in [0.1, 0.15) is 5.75 Å². The molecular formula is C18H16ClN3O3S. The molecule has 2 heterocycles. The molecule has 2 bridgehead atoms. The van der Waals surface area contributed by atoms with Crippen LogP contribution in [0.2, 0.25) is 5.02 Å². The third kappa shape index (κ3) is 2.42. The van der Waals surface area contributed by atoms with Crippen LogP contribution < -0.4 is 15.0 Å². The molecule has 3 atom stereocenters. The molecule has 0 radical (unpaired) electrons. The summed E-state index contributed by atoms with van der Waals surface area (Å²) in [4.78, 5) is 12.6. The van der Waals surface area contributed by atoms with Crippen molar-refractivity contribution in [3.63, 3.8) is 0 Å². The van der Waals surface area contributed by atoms with Gasteiger partial charge < -0.3 is 10.1 Å². The quantitative estimate of drug-likeness (QED) is 0.465. The monoisotopic (exact) mass is 389 g/mol. The van der Waals surface area contributed by atoms with Crippen LogP contribution in [0.3, 0.4) is 0 Å². The van der Waals surface area contributed by atoms with Crippen molar-refractivity contribution in [2.24, 2.45) is 5.92 Å². The van der Waals surface area contributed by atoms with Gasteiger partial charge in [0, 0.05) is 34.3 Å². The van der Waals surface area contributed by atoms with E-state index < -0.39 is 10.6 Å². The van der Waals surface area contributed by atoms with Crippen molar-refractivity contribution in [2.45, 2.75) is 25.6 Å². The second-order valence-corrected chi connectivity index (χ2v) is 7.49. The number of fused-ring (bicyclic) bond motifs is 4. The highest BCUT2D eigenvalue weighted by Crippen LogP contribution is 2.49. The van der Waals surface area contributed by atoms with Gasteiger partial charge >= 0.3 is 0 Å². The molecule has 0 spiro atoms. The summed E-state index contributed by atoms with van der Waals surface area (Å²) in [5.41, 5.74) is 0.861. The van der Waals surface area contributed by atoms with Gasteiger partial charge in [-0.2, -0.15) is 0 Å². The lowest BCUT2D eigenvalue weighted by Crippen LogP contribution is -2.69. The van der Waals surface area contributed by atoms with Gasteiger partial charge in [0.2, 0.25) is 0 Å². The number of anilines is 1. The first kappa shape index (κ1) is 17.1. The number of nitro benzene ring substituents is 1. The van der Waals surface area contributed by atoms with E-state index in [9.17, 15) is 10.1 Å². The largest absolute Gasteiger partial charge is 0.467 e. The van der Waals surface area contributed by atoms with E-state index in [1.807, 2.05) is 36.9 Å². The molecule has 0 aliphatic carbocycles. The Balaban J connectivity index is 1.84. The van der Waals surface area contributed by atoms with Gasteiger partial charge in [-0.25, -0.2) is 0 Å². The lowest BCUT2D eigenvalue weighted by molar-refractivity contribution is -0.385. The minimum atomic E-state index is -0.749. The van der Waals surface area contributed by atoms with Crippen LogP contribution in [0.5, 0.6) is 5.75 Å². The number of nitrogens with one attached hydrogen (secondary N) is 1. The van der Waals surface area contributed by atoms with Crippen LogP contribution in [0, 0.1) is 16.0 Å². The fourth-order valence-electron chi connectivity index (χ4n) is 3.72. The van der Waals surface area contributed by atoms with Crippen LogP contribution in [0.1, 0.15) is 25.5 Å². The maximum absolute atomic E-state index is 11.1. The summed E-state index contributed by atoms with van der Waals surface area (Å²) in [6.07, 6.45) is 0. The maximum Gasteiger partial charge on any atom is 0.270 e. The number of benzene rings is 2. The molecule has 1 saturated heterocycles. The van der Waals surface area contributed by atoms with Crippen molar-refractivity contribution in [3.8, 4) is 5.75 Å². The standard InChI is InChI=1S/C18H16ClN3O3S/c1-10-16-14-9-13(22(23)24)6-7-15(14)25-18(10,2)21(17(26)20-16)12-5-3-4-11(19)8-12/h3-10,16H,1-2H3,(H,20,26)/t10-,16+,18+/m0/s1. The lowest BCUT2D eigenvalue weighted by Gasteiger charge is -2.56. The van der Waals surface area contributed by atoms with Crippen LogP contribution in [0.15, 0.2) is 42.5 Å². The van der Waals surface area contributed by atoms with Gasteiger partial charge in [-0.15, -0.1) is 0 Å². The number of hydrogen-bond acceptors (Lipinski definition) is 4. The Bertz CT molecular complexity index is 938. The fraction of sp³-hybridized carbons (Fsp3) is 0.278. The summed E-state index contributed by atoms with van der Waals surface area (Å²) in [5, 5.41) is 15.6. The SMILES string of the molecule is C[C@H]1[C@H]2NC(=S)N(c3cccc(Cl)c3)[C@]1(C)Oc1ccc([N+](=O)[O-])cc12. The molecule has 0 amide bonds. The predicted molar refractivity (Wildman–Crippen MR) is 104 cm³/mol. The van der Waals surface area contributed by atoms with Crippen LogP contribution in [-0.4, -0.2) is 15.8 Å². The zero-order valence-corrected chi connectivity index (χ0v) is 15.7. The van der Waals surface area contributed by atoms with Crippen molar-refractivity contribution in [2.75, 3.05) is 4.90 Å². The van der Waals surface area contributed by atoms with Gasteiger partial charge in [-0.3, -0.25) is 15.0 Å². The Kier molecular flexibility index (Phi) is 3.82. The molecular weight excluding hydrogens is 374 g/mol. The van der Waals surface area contributed by atoms with E-state index >= 15 is 0 Å². The molecule has 1 N–H and O–H groups in total. The van der Waals surface area contributed by atoms with E-state index in [1.165, 1.54) is 6.07 Å². The maximum atomic E-state index is 11.1. The molecule has 0 unspecified atom stereocenters. The minimum Gasteiger partial charge on any atom is -0.467 e. The number of hydrogen-bond donors (Lipinski definition) is 1. The van der Waals surface area contributed by atoms with Crippen molar-refractivity contribution < 1.29 is 9.66 Å². The molecule has 2 aromatic rings. The lowest BCUT2D eigenvalue weighted by atomic mass is 9.80. The molecule has 2 aromatic carbocycles. The van der Waals surface area contributed by atoms with E-state index in [4.69, 9.17) is 28.6 Å². The van der Waals surface area contributed by atoms with E-state index in [0.717, 1.165) is 11.3 Å². The Morgan fingerprint density at radius 3 is 2.81 bits per heavy atom. The summed E-state index contributed by atoms with van der Waals surface area (Å²) in [5.74, 6) is 0.589. The smallest absolute Gasteiger partial charge is 0.270 e. The zero-order chi connectivity index (χ0) is 18.6. The van der Waals surface area contributed by atoms with E-state index in [1.54, 1.807) is 18.2 Å². The third-order valence-electron chi connectivity index (χ3n) is 5.19. The molecule has 134 valence electrons. The normalized spacial score (nSPS) is 26.6. The summed E-state index contributed by atoms with van der Waals surface area (Å²) < 4.78 is 6.35. The highest BCUT2D eigenvalue weighted by molar-refractivity contribution is 7.80. The Labute approximate surface area is 160 Å². The Hall–Kier alpha value is -2.38. The number of rotatable bonds is 2. The molecule has 4 rings (SSSR count). The first-order valence-electron chi connectivity index (χ1n) is 8.15. The molecule has 26 heavy (non-hydrogen) atoms. The second-order valence-electron chi connectivity index (χ2n) is 6.67. The van der Waals surface area contributed by atoms with Gasteiger partial charge in [0.05, 0.1) is 11.0 Å². The first-order valence-corrected chi connectivity index (χ1v) is 8.93. The number of non-ortho nitro benzene ring substituents is 1. The van der Waals surface area contributed by atoms with Gasteiger partial charge in [0.25, 0.3) is 5.69 Å². The molecule has 6 nitrogen and oxygen atoms in total. The summed E-state index contributed by atoms with van der Waals surface area (Å²) >= 11 is 11.8. The van der Waals surface area contributed by atoms with Crippen LogP contribution in [-0.2, 0) is 0 Å². The number of thiocarbonyl (C=S) groups is 1. The average Bonchev–Trinajstić information content (AvgIpc) is 2.57.